The first-order chi connectivity index (χ1) is 12.1. The topological polar surface area (TPSA) is 79.6 Å². The summed E-state index contributed by atoms with van der Waals surface area (Å²) in [6.45, 7) is 1.31. The average molecular weight is 364 g/mol. The molecular weight excluding hydrogens is 342 g/mol. The smallest absolute Gasteiger partial charge is 0.239 e. The van der Waals surface area contributed by atoms with Crippen molar-refractivity contribution in [3.05, 3.63) is 29.2 Å². The van der Waals surface area contributed by atoms with Crippen LogP contribution in [0.15, 0.2) is 18.6 Å². The molecule has 0 unspecified atom stereocenters. The normalized spacial score (nSPS) is 15.9. The fourth-order valence-electron chi connectivity index (χ4n) is 2.97. The number of hydrogen-bond acceptors (Lipinski definition) is 4. The average Bonchev–Trinajstić information content (AvgIpc) is 2.95. The number of hydrogen-bond donors (Lipinski definition) is 1. The van der Waals surface area contributed by atoms with Gasteiger partial charge in [0.25, 0.3) is 0 Å². The van der Waals surface area contributed by atoms with E-state index < -0.39 is 0 Å². The summed E-state index contributed by atoms with van der Waals surface area (Å²) >= 11 is 5.96. The third kappa shape index (κ3) is 4.69. The van der Waals surface area contributed by atoms with E-state index in [9.17, 15) is 9.59 Å². The van der Waals surface area contributed by atoms with E-state index >= 15 is 0 Å². The molecule has 0 saturated carbocycles. The van der Waals surface area contributed by atoms with Crippen LogP contribution in [0.4, 0.5) is 0 Å². The van der Waals surface area contributed by atoms with Gasteiger partial charge in [0.05, 0.1) is 12.7 Å². The largest absolute Gasteiger partial charge is 0.354 e. The second kappa shape index (κ2) is 8.29. The SMILES string of the molecule is O=C(CN1CCCCCCC1=O)NCCc1cnc2c(Cl)cnn2c1. The molecule has 1 fully saturated rings. The predicted molar refractivity (Wildman–Crippen MR) is 94.4 cm³/mol. The summed E-state index contributed by atoms with van der Waals surface area (Å²) in [5.74, 6) is -0.0369. The first-order valence-corrected chi connectivity index (χ1v) is 9.03. The highest BCUT2D eigenvalue weighted by atomic mass is 35.5. The molecule has 1 aliphatic rings. The Morgan fingerprint density at radius 2 is 2.08 bits per heavy atom. The zero-order chi connectivity index (χ0) is 17.6. The van der Waals surface area contributed by atoms with Crippen LogP contribution in [0.3, 0.4) is 0 Å². The molecule has 0 atom stereocenters. The molecule has 2 aromatic rings. The van der Waals surface area contributed by atoms with Crippen LogP contribution in [0, 0.1) is 0 Å². The highest BCUT2D eigenvalue weighted by Crippen LogP contribution is 2.14. The van der Waals surface area contributed by atoms with E-state index in [-0.39, 0.29) is 18.4 Å². The van der Waals surface area contributed by atoms with Gasteiger partial charge in [-0.15, -0.1) is 0 Å². The molecule has 0 aliphatic carbocycles. The fraction of sp³-hybridized carbons (Fsp3) is 0.529. The molecular formula is C17H22ClN5O2. The lowest BCUT2D eigenvalue weighted by Crippen LogP contribution is -2.42. The number of aromatic nitrogens is 3. The molecule has 0 spiro atoms. The van der Waals surface area contributed by atoms with Crippen LogP contribution in [-0.4, -0.2) is 50.9 Å². The van der Waals surface area contributed by atoms with Gasteiger partial charge >= 0.3 is 0 Å². The maximum absolute atomic E-state index is 12.1. The number of carbonyl (C=O) groups excluding carboxylic acids is 2. The zero-order valence-electron chi connectivity index (χ0n) is 14.1. The highest BCUT2D eigenvalue weighted by molar-refractivity contribution is 6.33. The molecule has 1 aliphatic heterocycles. The van der Waals surface area contributed by atoms with Crippen LogP contribution in [-0.2, 0) is 16.0 Å². The molecule has 134 valence electrons. The van der Waals surface area contributed by atoms with Crippen molar-refractivity contribution in [3.8, 4) is 0 Å². The van der Waals surface area contributed by atoms with E-state index in [4.69, 9.17) is 11.6 Å². The zero-order valence-corrected chi connectivity index (χ0v) is 14.8. The van der Waals surface area contributed by atoms with Crippen molar-refractivity contribution in [2.75, 3.05) is 19.6 Å². The lowest BCUT2D eigenvalue weighted by Gasteiger charge is -2.24. The second-order valence-electron chi connectivity index (χ2n) is 6.30. The summed E-state index contributed by atoms with van der Waals surface area (Å²) in [6, 6.07) is 0. The van der Waals surface area contributed by atoms with Crippen LogP contribution in [0.2, 0.25) is 5.02 Å². The molecule has 1 saturated heterocycles. The van der Waals surface area contributed by atoms with Gasteiger partial charge in [-0.3, -0.25) is 9.59 Å². The summed E-state index contributed by atoms with van der Waals surface area (Å²) in [5, 5.41) is 7.50. The van der Waals surface area contributed by atoms with Crippen molar-refractivity contribution in [1.82, 2.24) is 24.8 Å². The minimum absolute atomic E-state index is 0.0834. The van der Waals surface area contributed by atoms with Gasteiger partial charge in [-0.1, -0.05) is 24.4 Å². The Bertz CT molecular complexity index is 761. The highest BCUT2D eigenvalue weighted by Gasteiger charge is 2.18. The minimum atomic E-state index is -0.120. The Morgan fingerprint density at radius 1 is 1.24 bits per heavy atom. The van der Waals surface area contributed by atoms with Crippen LogP contribution < -0.4 is 5.32 Å². The monoisotopic (exact) mass is 363 g/mol. The first kappa shape index (κ1) is 17.7. The lowest BCUT2D eigenvalue weighted by atomic mass is 10.1. The molecule has 0 aromatic carbocycles. The van der Waals surface area contributed by atoms with Crippen molar-refractivity contribution in [2.45, 2.75) is 38.5 Å². The molecule has 7 nitrogen and oxygen atoms in total. The molecule has 8 heteroatoms. The van der Waals surface area contributed by atoms with E-state index in [0.29, 0.717) is 36.6 Å². The van der Waals surface area contributed by atoms with Gasteiger partial charge in [-0.05, 0) is 24.8 Å². The number of fused-ring (bicyclic) bond motifs is 1. The standard InChI is InChI=1S/C17H22ClN5O2/c18-14-10-21-23-11-13(9-20-17(14)23)6-7-19-15(24)12-22-8-4-2-1-3-5-16(22)25/h9-11H,1-8,12H2,(H,19,24). The third-order valence-electron chi connectivity index (χ3n) is 4.36. The maximum atomic E-state index is 12.1. The van der Waals surface area contributed by atoms with Gasteiger partial charge in [-0.2, -0.15) is 5.10 Å². The van der Waals surface area contributed by atoms with E-state index in [0.717, 1.165) is 31.2 Å². The number of nitrogens with one attached hydrogen (secondary N) is 1. The van der Waals surface area contributed by atoms with Crippen molar-refractivity contribution in [3.63, 3.8) is 0 Å². The van der Waals surface area contributed by atoms with Gasteiger partial charge in [-0.25, -0.2) is 9.50 Å². The quantitative estimate of drug-likeness (QED) is 0.879. The summed E-state index contributed by atoms with van der Waals surface area (Å²) in [5.41, 5.74) is 1.57. The molecule has 0 bridgehead atoms. The van der Waals surface area contributed by atoms with Crippen LogP contribution in [0.5, 0.6) is 0 Å². The molecule has 2 aromatic heterocycles. The fourth-order valence-corrected chi connectivity index (χ4v) is 3.15. The Labute approximate surface area is 151 Å². The molecule has 2 amide bonds. The molecule has 3 rings (SSSR count). The summed E-state index contributed by atoms with van der Waals surface area (Å²) in [6.07, 6.45) is 10.4. The van der Waals surface area contributed by atoms with E-state index in [1.54, 1.807) is 21.8 Å². The number of carbonyl (C=O) groups is 2. The van der Waals surface area contributed by atoms with Crippen molar-refractivity contribution < 1.29 is 9.59 Å². The first-order valence-electron chi connectivity index (χ1n) is 8.66. The van der Waals surface area contributed by atoms with E-state index in [1.165, 1.54) is 0 Å². The summed E-state index contributed by atoms with van der Waals surface area (Å²) in [7, 11) is 0. The van der Waals surface area contributed by atoms with Crippen LogP contribution >= 0.6 is 11.6 Å². The van der Waals surface area contributed by atoms with Crippen LogP contribution in [0.1, 0.15) is 37.7 Å². The summed E-state index contributed by atoms with van der Waals surface area (Å²) in [4.78, 5) is 30.1. The molecule has 0 radical (unpaired) electrons. The lowest BCUT2D eigenvalue weighted by molar-refractivity contribution is -0.136. The summed E-state index contributed by atoms with van der Waals surface area (Å²) < 4.78 is 1.62. The Kier molecular flexibility index (Phi) is 5.86. The number of likely N-dealkylation sites (tertiary alicyclic amines) is 1. The van der Waals surface area contributed by atoms with Crippen molar-refractivity contribution >= 4 is 29.1 Å². The molecule has 1 N–H and O–H groups in total. The van der Waals surface area contributed by atoms with Crippen molar-refractivity contribution in [2.24, 2.45) is 0 Å². The molecule has 3 heterocycles. The van der Waals surface area contributed by atoms with Crippen LogP contribution in [0.25, 0.3) is 5.65 Å². The Hall–Kier alpha value is -2.15. The van der Waals surface area contributed by atoms with Gasteiger partial charge in [0.1, 0.15) is 5.02 Å². The van der Waals surface area contributed by atoms with Gasteiger partial charge in [0, 0.05) is 31.9 Å². The van der Waals surface area contributed by atoms with E-state index in [1.807, 2.05) is 6.20 Å². The number of amides is 2. The Balaban J connectivity index is 1.47. The molecule has 25 heavy (non-hydrogen) atoms. The number of halogens is 1. The predicted octanol–water partition coefficient (Wildman–Crippen LogP) is 1.83. The van der Waals surface area contributed by atoms with Gasteiger partial charge in [0.15, 0.2) is 5.65 Å². The maximum Gasteiger partial charge on any atom is 0.239 e. The van der Waals surface area contributed by atoms with Gasteiger partial charge < -0.3 is 10.2 Å². The third-order valence-corrected chi connectivity index (χ3v) is 4.63. The van der Waals surface area contributed by atoms with Gasteiger partial charge in [0.2, 0.25) is 11.8 Å². The minimum Gasteiger partial charge on any atom is -0.354 e. The number of rotatable bonds is 5. The second-order valence-corrected chi connectivity index (χ2v) is 6.71. The number of nitrogens with zero attached hydrogens (tertiary/aromatic N) is 4. The van der Waals surface area contributed by atoms with Crippen molar-refractivity contribution in [1.29, 1.82) is 0 Å². The Morgan fingerprint density at radius 3 is 2.96 bits per heavy atom. The van der Waals surface area contributed by atoms with E-state index in [2.05, 4.69) is 15.4 Å².